The van der Waals surface area contributed by atoms with E-state index in [0.29, 0.717) is 43.3 Å². The lowest BCUT2D eigenvalue weighted by molar-refractivity contribution is 0.0953. The molecule has 2 aliphatic heterocycles. The molecule has 0 unspecified atom stereocenters. The molecular weight excluding hydrogens is 392 g/mol. The summed E-state index contributed by atoms with van der Waals surface area (Å²) >= 11 is 0. The molecule has 0 radical (unpaired) electrons. The van der Waals surface area contributed by atoms with E-state index in [1.54, 1.807) is 30.3 Å². The first-order chi connectivity index (χ1) is 14.9. The van der Waals surface area contributed by atoms with Crippen molar-refractivity contribution in [3.63, 3.8) is 0 Å². The normalized spacial score (nSPS) is 19.6. The topological polar surface area (TPSA) is 83.4 Å². The van der Waals surface area contributed by atoms with E-state index < -0.39 is 0 Å². The zero-order valence-corrected chi connectivity index (χ0v) is 18.1. The number of carbonyl (C=O) groups is 2. The first-order valence-electron chi connectivity index (χ1n) is 11.0. The van der Waals surface area contributed by atoms with E-state index in [1.807, 2.05) is 21.6 Å². The Morgan fingerprint density at radius 3 is 2.68 bits per heavy atom. The minimum atomic E-state index is -0.205. The molecule has 3 heterocycles. The van der Waals surface area contributed by atoms with Crippen LogP contribution in [0.15, 0.2) is 47.3 Å². The minimum absolute atomic E-state index is 0.0301. The fraction of sp³-hybridized carbons (Fsp3) is 0.458. The molecule has 2 bridgehead atoms. The molecule has 1 aromatic heterocycles. The number of anilines is 1. The molecule has 4 rings (SSSR count). The third-order valence-electron chi connectivity index (χ3n) is 6.19. The van der Waals surface area contributed by atoms with Gasteiger partial charge in [0.25, 0.3) is 11.5 Å². The van der Waals surface area contributed by atoms with Crippen LogP contribution in [0.2, 0.25) is 0 Å². The van der Waals surface area contributed by atoms with Gasteiger partial charge in [-0.2, -0.15) is 0 Å². The first-order valence-corrected chi connectivity index (χ1v) is 11.0. The van der Waals surface area contributed by atoms with Crippen LogP contribution in [0.5, 0.6) is 0 Å². The summed E-state index contributed by atoms with van der Waals surface area (Å²) in [5.74, 6) is 0.739. The third-order valence-corrected chi connectivity index (χ3v) is 6.19. The van der Waals surface area contributed by atoms with Gasteiger partial charge in [-0.15, -0.1) is 0 Å². The minimum Gasteiger partial charge on any atom is -0.352 e. The third kappa shape index (κ3) is 4.65. The number of hydrogen-bond donors (Lipinski definition) is 2. The molecule has 0 aliphatic carbocycles. The number of para-hydroxylation sites is 1. The number of aromatic nitrogens is 1. The van der Waals surface area contributed by atoms with Crippen LogP contribution >= 0.6 is 0 Å². The van der Waals surface area contributed by atoms with E-state index in [4.69, 9.17) is 0 Å². The largest absolute Gasteiger partial charge is 0.352 e. The van der Waals surface area contributed by atoms with Crippen molar-refractivity contribution in [3.8, 4) is 0 Å². The van der Waals surface area contributed by atoms with Gasteiger partial charge in [0.05, 0.1) is 11.3 Å². The van der Waals surface area contributed by atoms with E-state index in [-0.39, 0.29) is 29.3 Å². The van der Waals surface area contributed by atoms with Crippen LogP contribution in [0.3, 0.4) is 0 Å². The molecule has 164 valence electrons. The molecule has 3 amide bonds. The van der Waals surface area contributed by atoms with Crippen molar-refractivity contribution in [1.29, 1.82) is 0 Å². The average molecular weight is 423 g/mol. The highest BCUT2D eigenvalue weighted by Crippen LogP contribution is 2.35. The quantitative estimate of drug-likeness (QED) is 0.776. The Hall–Kier alpha value is -3.09. The molecule has 0 saturated carbocycles. The SMILES string of the molecule is CC(C)CCNC(=O)c1ccccc1NC(=O)N1C[C@@H]2C[C@H](C1)c1cccc(=O)n1C2. The Morgan fingerprint density at radius 1 is 1.06 bits per heavy atom. The highest BCUT2D eigenvalue weighted by atomic mass is 16.2. The van der Waals surface area contributed by atoms with Crippen LogP contribution in [0, 0.1) is 11.8 Å². The van der Waals surface area contributed by atoms with Crippen molar-refractivity contribution >= 4 is 17.6 Å². The number of pyridine rings is 1. The smallest absolute Gasteiger partial charge is 0.321 e. The van der Waals surface area contributed by atoms with Gasteiger partial charge >= 0.3 is 6.03 Å². The Bertz CT molecular complexity index is 1030. The van der Waals surface area contributed by atoms with E-state index in [2.05, 4.69) is 24.5 Å². The summed E-state index contributed by atoms with van der Waals surface area (Å²) in [6.07, 6.45) is 1.89. The van der Waals surface area contributed by atoms with Crippen LogP contribution in [0.4, 0.5) is 10.5 Å². The van der Waals surface area contributed by atoms with Crippen molar-refractivity contribution < 1.29 is 9.59 Å². The first kappa shape index (κ1) is 21.2. The Kier molecular flexibility index (Phi) is 6.11. The number of piperidine rings is 1. The number of urea groups is 1. The molecule has 2 N–H and O–H groups in total. The zero-order valence-electron chi connectivity index (χ0n) is 18.1. The van der Waals surface area contributed by atoms with Crippen molar-refractivity contribution in [1.82, 2.24) is 14.8 Å². The molecule has 2 aliphatic rings. The lowest BCUT2D eigenvalue weighted by atomic mass is 9.83. The van der Waals surface area contributed by atoms with Gasteiger partial charge < -0.3 is 20.1 Å². The Labute approximate surface area is 182 Å². The highest BCUT2D eigenvalue weighted by Gasteiger charge is 2.36. The number of likely N-dealkylation sites (tertiary alicyclic amines) is 1. The molecule has 7 nitrogen and oxygen atoms in total. The lowest BCUT2D eigenvalue weighted by Gasteiger charge is -2.42. The number of nitrogens with zero attached hydrogens (tertiary/aromatic N) is 2. The predicted molar refractivity (Wildman–Crippen MR) is 120 cm³/mol. The second-order valence-corrected chi connectivity index (χ2v) is 9.02. The maximum atomic E-state index is 13.1. The zero-order chi connectivity index (χ0) is 22.0. The number of nitrogens with one attached hydrogen (secondary N) is 2. The van der Waals surface area contributed by atoms with Crippen molar-refractivity contribution in [3.05, 3.63) is 64.1 Å². The van der Waals surface area contributed by atoms with Crippen LogP contribution in [-0.2, 0) is 6.54 Å². The van der Waals surface area contributed by atoms with Gasteiger partial charge in [-0.3, -0.25) is 9.59 Å². The van der Waals surface area contributed by atoms with Crippen LogP contribution in [0.1, 0.15) is 48.7 Å². The van der Waals surface area contributed by atoms with Crippen molar-refractivity contribution in [2.45, 2.75) is 39.2 Å². The second-order valence-electron chi connectivity index (χ2n) is 9.02. The van der Waals surface area contributed by atoms with Crippen molar-refractivity contribution in [2.24, 2.45) is 11.8 Å². The summed E-state index contributed by atoms with van der Waals surface area (Å²) in [4.78, 5) is 39.7. The maximum absolute atomic E-state index is 13.1. The summed E-state index contributed by atoms with van der Waals surface area (Å²) in [5.41, 5.74) is 2.02. The van der Waals surface area contributed by atoms with Gasteiger partial charge in [0.2, 0.25) is 0 Å². The summed E-state index contributed by atoms with van der Waals surface area (Å²) in [7, 11) is 0. The Morgan fingerprint density at radius 2 is 1.87 bits per heavy atom. The predicted octanol–water partition coefficient (Wildman–Crippen LogP) is 3.28. The van der Waals surface area contributed by atoms with Gasteiger partial charge in [0.1, 0.15) is 0 Å². The number of rotatable bonds is 5. The van der Waals surface area contributed by atoms with Gasteiger partial charge in [-0.25, -0.2) is 4.79 Å². The van der Waals surface area contributed by atoms with E-state index in [1.165, 1.54) is 0 Å². The standard InChI is InChI=1S/C24H30N4O3/c1-16(2)10-11-25-23(30)19-6-3-4-7-20(19)26-24(31)27-13-17-12-18(15-27)21-8-5-9-22(29)28(21)14-17/h3-9,16-18H,10-15H2,1-2H3,(H,25,30)(H,26,31)/t17-,18+/m0/s1. The van der Waals surface area contributed by atoms with E-state index in [0.717, 1.165) is 18.5 Å². The molecule has 2 atom stereocenters. The van der Waals surface area contributed by atoms with Crippen molar-refractivity contribution in [2.75, 3.05) is 25.0 Å². The van der Waals surface area contributed by atoms with E-state index >= 15 is 0 Å². The number of amides is 3. The molecule has 7 heteroatoms. The number of fused-ring (bicyclic) bond motifs is 4. The highest BCUT2D eigenvalue weighted by molar-refractivity contribution is 6.03. The molecular formula is C24H30N4O3. The summed E-state index contributed by atoms with van der Waals surface area (Å²) in [5, 5.41) is 5.88. The average Bonchev–Trinajstić information content (AvgIpc) is 2.74. The van der Waals surface area contributed by atoms with Gasteiger partial charge in [-0.05, 0) is 42.9 Å². The van der Waals surface area contributed by atoms with Gasteiger partial charge in [-0.1, -0.05) is 32.0 Å². The molecule has 2 aromatic rings. The molecule has 1 saturated heterocycles. The lowest BCUT2D eigenvalue weighted by Crippen LogP contribution is -2.50. The second kappa shape index (κ2) is 8.96. The number of hydrogen-bond acceptors (Lipinski definition) is 3. The maximum Gasteiger partial charge on any atom is 0.321 e. The Balaban J connectivity index is 1.45. The molecule has 1 aromatic carbocycles. The molecule has 1 fully saturated rings. The number of benzene rings is 1. The van der Waals surface area contributed by atoms with Crippen LogP contribution in [0.25, 0.3) is 0 Å². The summed E-state index contributed by atoms with van der Waals surface area (Å²) < 4.78 is 1.85. The number of carbonyl (C=O) groups excluding carboxylic acids is 2. The van der Waals surface area contributed by atoms with Crippen LogP contribution in [-0.4, -0.2) is 41.0 Å². The molecule has 31 heavy (non-hydrogen) atoms. The fourth-order valence-corrected chi connectivity index (χ4v) is 4.62. The van der Waals surface area contributed by atoms with Crippen LogP contribution < -0.4 is 16.2 Å². The summed E-state index contributed by atoms with van der Waals surface area (Å²) in [6, 6.07) is 12.3. The van der Waals surface area contributed by atoms with Gasteiger partial charge in [0, 0.05) is 43.9 Å². The summed E-state index contributed by atoms with van der Waals surface area (Å²) in [6.45, 7) is 6.64. The monoisotopic (exact) mass is 422 g/mol. The van der Waals surface area contributed by atoms with E-state index in [9.17, 15) is 14.4 Å². The fourth-order valence-electron chi connectivity index (χ4n) is 4.62. The molecule has 0 spiro atoms. The van der Waals surface area contributed by atoms with Gasteiger partial charge in [0.15, 0.2) is 0 Å².